The van der Waals surface area contributed by atoms with Crippen LogP contribution in [0.2, 0.25) is 0 Å². The van der Waals surface area contributed by atoms with E-state index in [2.05, 4.69) is 30.4 Å². The Bertz CT molecular complexity index is 113. The van der Waals surface area contributed by atoms with Gasteiger partial charge in [0.05, 0.1) is 0 Å². The van der Waals surface area contributed by atoms with Gasteiger partial charge in [0.25, 0.3) is 0 Å². The van der Waals surface area contributed by atoms with Crippen LogP contribution in [0.15, 0.2) is 0 Å². The minimum absolute atomic E-state index is 1.01. The third-order valence-electron chi connectivity index (χ3n) is 2.37. The molecular formula is C7H12S2. The molecule has 3 unspecified atom stereocenters. The summed E-state index contributed by atoms with van der Waals surface area (Å²) in [4.78, 5) is 0. The zero-order valence-corrected chi connectivity index (χ0v) is 7.30. The molecule has 2 fully saturated rings. The lowest BCUT2D eigenvalue weighted by Crippen LogP contribution is -2.13. The average Bonchev–Trinajstić information content (AvgIpc) is 2.35. The molecule has 52 valence electrons. The zero-order valence-electron chi connectivity index (χ0n) is 5.67. The second-order valence-corrected chi connectivity index (χ2v) is 5.40. The van der Waals surface area contributed by atoms with Crippen LogP contribution in [0.3, 0.4) is 0 Å². The van der Waals surface area contributed by atoms with Gasteiger partial charge < -0.3 is 0 Å². The van der Waals surface area contributed by atoms with E-state index in [0.29, 0.717) is 0 Å². The molecule has 0 saturated carbocycles. The van der Waals surface area contributed by atoms with Gasteiger partial charge in [0.15, 0.2) is 0 Å². The van der Waals surface area contributed by atoms with Crippen LogP contribution in [0.5, 0.6) is 0 Å². The predicted molar refractivity (Wildman–Crippen MR) is 46.2 cm³/mol. The molecule has 0 amide bonds. The van der Waals surface area contributed by atoms with Crippen molar-refractivity contribution < 1.29 is 0 Å². The number of hydrogen-bond donors (Lipinski definition) is 0. The van der Waals surface area contributed by atoms with E-state index in [1.807, 2.05) is 0 Å². The largest absolute Gasteiger partial charge is 0.160 e. The predicted octanol–water partition coefficient (Wildman–Crippen LogP) is 2.10. The Morgan fingerprint density at radius 3 is 2.89 bits per heavy atom. The Kier molecular flexibility index (Phi) is 1.70. The molecule has 0 bridgehead atoms. The lowest BCUT2D eigenvalue weighted by Gasteiger charge is -2.09. The van der Waals surface area contributed by atoms with Crippen molar-refractivity contribution in [2.24, 2.45) is 11.8 Å². The quantitative estimate of drug-likeness (QED) is 0.532. The molecule has 0 aliphatic carbocycles. The Morgan fingerprint density at radius 2 is 2.11 bits per heavy atom. The fourth-order valence-electron chi connectivity index (χ4n) is 1.65. The van der Waals surface area contributed by atoms with Gasteiger partial charge >= 0.3 is 0 Å². The highest BCUT2D eigenvalue weighted by Crippen LogP contribution is 2.44. The van der Waals surface area contributed by atoms with Crippen LogP contribution >= 0.6 is 23.5 Å². The molecule has 2 saturated heterocycles. The third kappa shape index (κ3) is 1.01. The summed E-state index contributed by atoms with van der Waals surface area (Å²) >= 11 is 4.35. The molecule has 0 aromatic carbocycles. The molecule has 2 heteroatoms. The van der Waals surface area contributed by atoms with Gasteiger partial charge in [-0.25, -0.2) is 0 Å². The first kappa shape index (κ1) is 6.41. The van der Waals surface area contributed by atoms with E-state index in [4.69, 9.17) is 0 Å². The molecule has 2 rings (SSSR count). The molecule has 3 atom stereocenters. The fraction of sp³-hybridized carbons (Fsp3) is 1.00. The van der Waals surface area contributed by atoms with Crippen LogP contribution in [-0.2, 0) is 0 Å². The maximum Gasteiger partial charge on any atom is 0.0177 e. The maximum absolute atomic E-state index is 2.41. The zero-order chi connectivity index (χ0) is 6.27. The molecule has 9 heavy (non-hydrogen) atoms. The molecule has 2 aliphatic heterocycles. The highest BCUT2D eigenvalue weighted by molar-refractivity contribution is 8.04. The summed E-state index contributed by atoms with van der Waals surface area (Å²) in [7, 11) is 0. The van der Waals surface area contributed by atoms with Crippen molar-refractivity contribution in [2.45, 2.75) is 12.2 Å². The summed E-state index contributed by atoms with van der Waals surface area (Å²) in [6.07, 6.45) is 0. The number of thioether (sulfide) groups is 2. The van der Waals surface area contributed by atoms with Gasteiger partial charge in [0, 0.05) is 11.0 Å². The molecule has 0 aromatic heterocycles. The number of fused-ring (bicyclic) bond motifs is 1. The van der Waals surface area contributed by atoms with Gasteiger partial charge in [-0.05, 0) is 23.3 Å². The van der Waals surface area contributed by atoms with E-state index >= 15 is 0 Å². The van der Waals surface area contributed by atoms with Crippen molar-refractivity contribution in [3.8, 4) is 0 Å². The van der Waals surface area contributed by atoms with Crippen molar-refractivity contribution in [1.82, 2.24) is 0 Å². The standard InChI is InChI=1S/C7H12S2/c1-5-2-9-7-4-8-3-6(5)7/h5-7H,2-4H2,1H3. The molecule has 2 heterocycles. The summed E-state index contributed by atoms with van der Waals surface area (Å²) in [5, 5.41) is 1.03. The van der Waals surface area contributed by atoms with Crippen molar-refractivity contribution in [1.29, 1.82) is 0 Å². The lowest BCUT2D eigenvalue weighted by atomic mass is 9.96. The van der Waals surface area contributed by atoms with Crippen LogP contribution in [-0.4, -0.2) is 22.5 Å². The molecule has 0 spiro atoms. The molecule has 0 aromatic rings. The number of hydrogen-bond acceptors (Lipinski definition) is 2. The first-order valence-electron chi connectivity index (χ1n) is 3.57. The minimum Gasteiger partial charge on any atom is -0.160 e. The van der Waals surface area contributed by atoms with E-state index < -0.39 is 0 Å². The van der Waals surface area contributed by atoms with Crippen LogP contribution < -0.4 is 0 Å². The van der Waals surface area contributed by atoms with Crippen LogP contribution in [0.4, 0.5) is 0 Å². The molecular weight excluding hydrogens is 148 g/mol. The summed E-state index contributed by atoms with van der Waals surface area (Å²) in [5.41, 5.74) is 0. The number of rotatable bonds is 0. The van der Waals surface area contributed by atoms with Gasteiger partial charge in [-0.15, -0.1) is 0 Å². The van der Waals surface area contributed by atoms with Crippen LogP contribution in [0.25, 0.3) is 0 Å². The Morgan fingerprint density at radius 1 is 1.22 bits per heavy atom. The summed E-state index contributed by atoms with van der Waals surface area (Å²) in [6, 6.07) is 0. The second kappa shape index (κ2) is 2.39. The highest BCUT2D eigenvalue weighted by atomic mass is 32.2. The maximum atomic E-state index is 2.41. The van der Waals surface area contributed by atoms with E-state index in [1.165, 1.54) is 17.3 Å². The average molecular weight is 160 g/mol. The van der Waals surface area contributed by atoms with Crippen molar-refractivity contribution in [3.63, 3.8) is 0 Å². The van der Waals surface area contributed by atoms with Crippen LogP contribution in [0.1, 0.15) is 6.92 Å². The first-order valence-corrected chi connectivity index (χ1v) is 5.77. The van der Waals surface area contributed by atoms with Crippen molar-refractivity contribution in [2.75, 3.05) is 17.3 Å². The monoisotopic (exact) mass is 160 g/mol. The van der Waals surface area contributed by atoms with Crippen molar-refractivity contribution >= 4 is 23.5 Å². The molecule has 2 aliphatic rings. The highest BCUT2D eigenvalue weighted by Gasteiger charge is 2.37. The first-order chi connectivity index (χ1) is 4.38. The summed E-state index contributed by atoms with van der Waals surface area (Å²) < 4.78 is 0. The van der Waals surface area contributed by atoms with Gasteiger partial charge in [0.1, 0.15) is 0 Å². The lowest BCUT2D eigenvalue weighted by molar-refractivity contribution is 0.471. The molecule has 0 radical (unpaired) electrons. The molecule has 0 N–H and O–H groups in total. The summed E-state index contributed by atoms with van der Waals surface area (Å²) in [5.74, 6) is 6.38. The smallest absolute Gasteiger partial charge is 0.0177 e. The third-order valence-corrected chi connectivity index (χ3v) is 5.46. The van der Waals surface area contributed by atoms with E-state index in [9.17, 15) is 0 Å². The SMILES string of the molecule is CC1CSC2CSCC12. The molecule has 0 nitrogen and oxygen atoms in total. The van der Waals surface area contributed by atoms with E-state index in [1.54, 1.807) is 0 Å². The summed E-state index contributed by atoms with van der Waals surface area (Å²) in [6.45, 7) is 2.41. The van der Waals surface area contributed by atoms with E-state index in [0.717, 1.165) is 17.1 Å². The fourth-order valence-corrected chi connectivity index (χ4v) is 5.31. The Labute approximate surface area is 65.2 Å². The van der Waals surface area contributed by atoms with Gasteiger partial charge in [-0.3, -0.25) is 0 Å². The van der Waals surface area contributed by atoms with Crippen LogP contribution in [0, 0.1) is 11.8 Å². The second-order valence-electron chi connectivity index (χ2n) is 3.05. The van der Waals surface area contributed by atoms with Gasteiger partial charge in [-0.2, -0.15) is 23.5 Å². The Hall–Kier alpha value is 0.700. The van der Waals surface area contributed by atoms with Gasteiger partial charge in [0.2, 0.25) is 0 Å². The van der Waals surface area contributed by atoms with E-state index in [-0.39, 0.29) is 0 Å². The minimum atomic E-state index is 1.01. The Balaban J connectivity index is 2.07. The normalized spacial score (nSPS) is 49.7. The topological polar surface area (TPSA) is 0 Å². The van der Waals surface area contributed by atoms with Gasteiger partial charge in [-0.1, -0.05) is 6.92 Å². The van der Waals surface area contributed by atoms with Crippen molar-refractivity contribution in [3.05, 3.63) is 0 Å².